The molecule has 2 aromatic rings. The van der Waals surface area contributed by atoms with E-state index in [2.05, 4.69) is 6.92 Å². The third kappa shape index (κ3) is 4.30. The van der Waals surface area contributed by atoms with Gasteiger partial charge in [-0.1, -0.05) is 43.2 Å². The number of aryl methyl sites for hydroxylation is 1. The maximum absolute atomic E-state index is 13.1. The number of pyridine rings is 1. The molecule has 1 aromatic carbocycles. The number of hydrogen-bond donors (Lipinski definition) is 1. The second-order valence-electron chi connectivity index (χ2n) is 7.54. The molecule has 0 bridgehead atoms. The number of aliphatic hydroxyl groups excluding tert-OH is 1. The number of hydrogen-bond acceptors (Lipinski definition) is 3. The highest BCUT2D eigenvalue weighted by molar-refractivity contribution is 5.94. The number of carbonyl (C=O) groups is 1. The van der Waals surface area contributed by atoms with Gasteiger partial charge in [0, 0.05) is 18.8 Å². The van der Waals surface area contributed by atoms with Crippen LogP contribution < -0.4 is 5.56 Å². The molecule has 27 heavy (non-hydrogen) atoms. The van der Waals surface area contributed by atoms with Crippen LogP contribution in [-0.4, -0.2) is 39.7 Å². The predicted octanol–water partition coefficient (Wildman–Crippen LogP) is 2.83. The molecule has 0 spiro atoms. The molecule has 0 aliphatic heterocycles. The van der Waals surface area contributed by atoms with Crippen LogP contribution >= 0.6 is 0 Å². The van der Waals surface area contributed by atoms with Gasteiger partial charge in [-0.3, -0.25) is 9.59 Å². The summed E-state index contributed by atoms with van der Waals surface area (Å²) in [6.45, 7) is 4.75. The SMILES string of the molecule is Cc1cccc(Cn2cccc(C(=O)N(CCO)C3CCCC3C)c2=O)c1. The Hall–Kier alpha value is -2.40. The van der Waals surface area contributed by atoms with Gasteiger partial charge in [-0.25, -0.2) is 0 Å². The minimum atomic E-state index is -0.280. The summed E-state index contributed by atoms with van der Waals surface area (Å²) in [5.41, 5.74) is 2.06. The quantitative estimate of drug-likeness (QED) is 0.853. The van der Waals surface area contributed by atoms with Crippen molar-refractivity contribution in [3.63, 3.8) is 0 Å². The van der Waals surface area contributed by atoms with Crippen molar-refractivity contribution in [3.05, 3.63) is 69.6 Å². The van der Waals surface area contributed by atoms with Crippen molar-refractivity contribution in [2.24, 2.45) is 5.92 Å². The van der Waals surface area contributed by atoms with E-state index in [-0.39, 0.29) is 36.2 Å². The Morgan fingerprint density at radius 2 is 2.07 bits per heavy atom. The summed E-state index contributed by atoms with van der Waals surface area (Å²) in [7, 11) is 0. The first-order valence-electron chi connectivity index (χ1n) is 9.68. The largest absolute Gasteiger partial charge is 0.395 e. The van der Waals surface area contributed by atoms with E-state index in [0.29, 0.717) is 12.5 Å². The number of rotatable bonds is 6. The fourth-order valence-corrected chi connectivity index (χ4v) is 4.10. The van der Waals surface area contributed by atoms with E-state index in [9.17, 15) is 14.7 Å². The Kier molecular flexibility index (Phi) is 6.11. The molecule has 5 heteroatoms. The zero-order chi connectivity index (χ0) is 19.4. The van der Waals surface area contributed by atoms with Crippen molar-refractivity contribution in [3.8, 4) is 0 Å². The Labute approximate surface area is 160 Å². The van der Waals surface area contributed by atoms with Crippen LogP contribution in [0, 0.1) is 12.8 Å². The zero-order valence-electron chi connectivity index (χ0n) is 16.1. The first kappa shape index (κ1) is 19.4. The van der Waals surface area contributed by atoms with Gasteiger partial charge in [0.25, 0.3) is 11.5 Å². The first-order valence-corrected chi connectivity index (χ1v) is 9.68. The third-order valence-corrected chi connectivity index (χ3v) is 5.50. The highest BCUT2D eigenvalue weighted by Gasteiger charge is 2.33. The fraction of sp³-hybridized carbons (Fsp3) is 0.455. The van der Waals surface area contributed by atoms with Gasteiger partial charge in [-0.2, -0.15) is 0 Å². The van der Waals surface area contributed by atoms with E-state index in [4.69, 9.17) is 0 Å². The molecule has 5 nitrogen and oxygen atoms in total. The summed E-state index contributed by atoms with van der Waals surface area (Å²) in [4.78, 5) is 27.8. The second-order valence-corrected chi connectivity index (χ2v) is 7.54. The maximum atomic E-state index is 13.1. The van der Waals surface area contributed by atoms with E-state index in [1.54, 1.807) is 27.8 Å². The minimum Gasteiger partial charge on any atom is -0.395 e. The van der Waals surface area contributed by atoms with Crippen LogP contribution in [0.3, 0.4) is 0 Å². The summed E-state index contributed by atoms with van der Waals surface area (Å²) in [5.74, 6) is 0.116. The highest BCUT2D eigenvalue weighted by atomic mass is 16.3. The molecule has 144 valence electrons. The fourth-order valence-electron chi connectivity index (χ4n) is 4.10. The second kappa shape index (κ2) is 8.53. The monoisotopic (exact) mass is 368 g/mol. The van der Waals surface area contributed by atoms with Gasteiger partial charge in [0.2, 0.25) is 0 Å². The standard InChI is InChI=1S/C22H28N2O3/c1-16-6-3-8-18(14-16)15-23-11-5-9-19(21(23)26)22(27)24(12-13-25)20-10-4-7-17(20)2/h3,5-6,8-9,11,14,17,20,25H,4,7,10,12-13,15H2,1-2H3. The lowest BCUT2D eigenvalue weighted by Gasteiger charge is -2.31. The summed E-state index contributed by atoms with van der Waals surface area (Å²) >= 11 is 0. The van der Waals surface area contributed by atoms with Gasteiger partial charge in [-0.15, -0.1) is 0 Å². The molecule has 2 unspecified atom stereocenters. The van der Waals surface area contributed by atoms with Crippen LogP contribution in [0.4, 0.5) is 0 Å². The van der Waals surface area contributed by atoms with Crippen molar-refractivity contribution < 1.29 is 9.90 Å². The van der Waals surface area contributed by atoms with E-state index in [1.807, 2.05) is 31.2 Å². The van der Waals surface area contributed by atoms with Crippen molar-refractivity contribution in [2.75, 3.05) is 13.2 Å². The third-order valence-electron chi connectivity index (χ3n) is 5.50. The van der Waals surface area contributed by atoms with Crippen molar-refractivity contribution in [1.29, 1.82) is 0 Å². The molecule has 1 aliphatic rings. The molecule has 3 rings (SSSR count). The van der Waals surface area contributed by atoms with E-state index in [1.165, 1.54) is 0 Å². The van der Waals surface area contributed by atoms with E-state index >= 15 is 0 Å². The number of benzene rings is 1. The van der Waals surface area contributed by atoms with Gasteiger partial charge < -0.3 is 14.6 Å². The molecule has 1 saturated carbocycles. The lowest BCUT2D eigenvalue weighted by atomic mass is 10.0. The Morgan fingerprint density at radius 3 is 2.74 bits per heavy atom. The number of amides is 1. The highest BCUT2D eigenvalue weighted by Crippen LogP contribution is 2.30. The van der Waals surface area contributed by atoms with E-state index < -0.39 is 0 Å². The molecule has 1 amide bonds. The molecular weight excluding hydrogens is 340 g/mol. The summed E-state index contributed by atoms with van der Waals surface area (Å²) in [5, 5.41) is 9.45. The molecule has 0 radical (unpaired) electrons. The lowest BCUT2D eigenvalue weighted by Crippen LogP contribution is -2.45. The summed E-state index contributed by atoms with van der Waals surface area (Å²) < 4.78 is 1.58. The van der Waals surface area contributed by atoms with Crippen molar-refractivity contribution in [1.82, 2.24) is 9.47 Å². The van der Waals surface area contributed by atoms with Gasteiger partial charge in [-0.05, 0) is 43.4 Å². The predicted molar refractivity (Wildman–Crippen MR) is 106 cm³/mol. The average Bonchev–Trinajstić information content (AvgIpc) is 3.07. The van der Waals surface area contributed by atoms with Crippen LogP contribution in [0.1, 0.15) is 47.7 Å². The molecule has 1 aromatic heterocycles. The molecule has 1 aliphatic carbocycles. The van der Waals surface area contributed by atoms with Crippen LogP contribution in [0.5, 0.6) is 0 Å². The molecule has 1 fully saturated rings. The van der Waals surface area contributed by atoms with Gasteiger partial charge in [0.05, 0.1) is 13.2 Å². The molecule has 0 saturated heterocycles. The Morgan fingerprint density at radius 1 is 1.26 bits per heavy atom. The molecule has 2 atom stereocenters. The summed E-state index contributed by atoms with van der Waals surface area (Å²) in [6.07, 6.45) is 4.80. The minimum absolute atomic E-state index is 0.0921. The smallest absolute Gasteiger partial charge is 0.263 e. The van der Waals surface area contributed by atoms with Crippen LogP contribution in [0.25, 0.3) is 0 Å². The maximum Gasteiger partial charge on any atom is 0.263 e. The Balaban J connectivity index is 1.89. The van der Waals surface area contributed by atoms with Gasteiger partial charge in [0.15, 0.2) is 0 Å². The number of carbonyl (C=O) groups excluding carboxylic acids is 1. The van der Waals surface area contributed by atoms with E-state index in [0.717, 1.165) is 30.4 Å². The molecular formula is C22H28N2O3. The van der Waals surface area contributed by atoms with Gasteiger partial charge in [0.1, 0.15) is 5.56 Å². The first-order chi connectivity index (χ1) is 13.0. The number of aromatic nitrogens is 1. The van der Waals surface area contributed by atoms with Crippen molar-refractivity contribution in [2.45, 2.75) is 45.7 Å². The normalized spacial score (nSPS) is 19.2. The molecule has 1 heterocycles. The van der Waals surface area contributed by atoms with Crippen molar-refractivity contribution >= 4 is 5.91 Å². The number of aliphatic hydroxyl groups is 1. The average molecular weight is 368 g/mol. The summed E-state index contributed by atoms with van der Waals surface area (Å²) in [6, 6.07) is 11.4. The van der Waals surface area contributed by atoms with Gasteiger partial charge >= 0.3 is 0 Å². The Bertz CT molecular complexity index is 859. The lowest BCUT2D eigenvalue weighted by molar-refractivity contribution is 0.0592. The van der Waals surface area contributed by atoms with Crippen LogP contribution in [0.2, 0.25) is 0 Å². The number of nitrogens with zero attached hydrogens (tertiary/aromatic N) is 2. The zero-order valence-corrected chi connectivity index (χ0v) is 16.1. The van der Waals surface area contributed by atoms with Crippen LogP contribution in [0.15, 0.2) is 47.4 Å². The topological polar surface area (TPSA) is 62.5 Å². The van der Waals surface area contributed by atoms with Crippen LogP contribution in [-0.2, 0) is 6.54 Å². The molecule has 1 N–H and O–H groups in total.